The van der Waals surface area contributed by atoms with Gasteiger partial charge in [0.05, 0.1) is 17.6 Å². The van der Waals surface area contributed by atoms with Crippen molar-refractivity contribution in [1.29, 1.82) is 5.26 Å². The van der Waals surface area contributed by atoms with E-state index in [0.717, 1.165) is 12.1 Å². The minimum atomic E-state index is -4.48. The van der Waals surface area contributed by atoms with E-state index < -0.39 is 29.3 Å². The largest absolute Gasteiger partial charge is 0.478 e. The SMILES string of the molecule is N#C[C@H]1C[C@](OC(=O)/C=C/C(=O)O)(c2ccc(C(F)(F)F)cc2)C1. The minimum absolute atomic E-state index is 0.140. The van der Waals surface area contributed by atoms with Gasteiger partial charge >= 0.3 is 18.1 Å². The molecule has 0 atom stereocenters. The first-order valence-electron chi connectivity index (χ1n) is 6.87. The molecule has 126 valence electrons. The Morgan fingerprint density at radius 3 is 2.29 bits per heavy atom. The third kappa shape index (κ3) is 3.74. The molecule has 1 saturated carbocycles. The van der Waals surface area contributed by atoms with Crippen molar-refractivity contribution < 1.29 is 32.6 Å². The van der Waals surface area contributed by atoms with Gasteiger partial charge in [0.15, 0.2) is 0 Å². The van der Waals surface area contributed by atoms with Gasteiger partial charge in [-0.05, 0) is 17.7 Å². The van der Waals surface area contributed by atoms with Gasteiger partial charge in [0.2, 0.25) is 0 Å². The number of nitrogens with zero attached hydrogens (tertiary/aromatic N) is 1. The number of carboxylic acids is 1. The zero-order valence-corrected chi connectivity index (χ0v) is 12.2. The van der Waals surface area contributed by atoms with Crippen LogP contribution in [-0.2, 0) is 26.1 Å². The molecular weight excluding hydrogens is 327 g/mol. The maximum absolute atomic E-state index is 12.6. The van der Waals surface area contributed by atoms with Crippen LogP contribution in [0.5, 0.6) is 0 Å². The Balaban J connectivity index is 2.24. The molecule has 1 fully saturated rings. The minimum Gasteiger partial charge on any atom is -0.478 e. The first kappa shape index (κ1) is 17.5. The van der Waals surface area contributed by atoms with E-state index in [-0.39, 0.29) is 18.8 Å². The number of hydrogen-bond donors (Lipinski definition) is 1. The molecule has 0 aliphatic heterocycles. The summed E-state index contributed by atoms with van der Waals surface area (Å²) in [6.45, 7) is 0. The number of carbonyl (C=O) groups excluding carboxylic acids is 1. The van der Waals surface area contributed by atoms with Crippen LogP contribution in [0.3, 0.4) is 0 Å². The monoisotopic (exact) mass is 339 g/mol. The lowest BCUT2D eigenvalue weighted by Crippen LogP contribution is -2.44. The van der Waals surface area contributed by atoms with Crippen molar-refractivity contribution in [1.82, 2.24) is 0 Å². The first-order chi connectivity index (χ1) is 11.2. The van der Waals surface area contributed by atoms with E-state index in [1.165, 1.54) is 12.1 Å². The summed E-state index contributed by atoms with van der Waals surface area (Å²) < 4.78 is 43.1. The number of ether oxygens (including phenoxy) is 1. The summed E-state index contributed by atoms with van der Waals surface area (Å²) >= 11 is 0. The summed E-state index contributed by atoms with van der Waals surface area (Å²) in [7, 11) is 0. The Labute approximate surface area is 135 Å². The summed E-state index contributed by atoms with van der Waals surface area (Å²) in [6, 6.07) is 6.15. The van der Waals surface area contributed by atoms with Crippen LogP contribution in [0, 0.1) is 17.2 Å². The molecule has 1 aromatic carbocycles. The number of hydrogen-bond acceptors (Lipinski definition) is 4. The quantitative estimate of drug-likeness (QED) is 0.673. The highest BCUT2D eigenvalue weighted by atomic mass is 19.4. The zero-order valence-electron chi connectivity index (χ0n) is 12.2. The molecule has 1 aliphatic rings. The Hall–Kier alpha value is -2.82. The molecule has 0 saturated heterocycles. The molecule has 0 aromatic heterocycles. The molecule has 0 heterocycles. The molecule has 0 radical (unpaired) electrons. The van der Waals surface area contributed by atoms with Crippen LogP contribution in [0.1, 0.15) is 24.0 Å². The topological polar surface area (TPSA) is 87.4 Å². The van der Waals surface area contributed by atoms with E-state index >= 15 is 0 Å². The second-order valence-corrected chi connectivity index (χ2v) is 5.40. The van der Waals surface area contributed by atoms with Crippen molar-refractivity contribution >= 4 is 11.9 Å². The van der Waals surface area contributed by atoms with Crippen LogP contribution in [0.4, 0.5) is 13.2 Å². The third-order valence-electron chi connectivity index (χ3n) is 3.73. The van der Waals surface area contributed by atoms with E-state index in [4.69, 9.17) is 15.1 Å². The van der Waals surface area contributed by atoms with Gasteiger partial charge in [-0.25, -0.2) is 9.59 Å². The van der Waals surface area contributed by atoms with Crippen molar-refractivity contribution in [2.45, 2.75) is 24.6 Å². The zero-order chi connectivity index (χ0) is 18.0. The molecule has 1 N–H and O–H groups in total. The number of aliphatic carboxylic acids is 1. The summed E-state index contributed by atoms with van der Waals surface area (Å²) in [5, 5.41) is 17.4. The number of alkyl halides is 3. The van der Waals surface area contributed by atoms with Crippen molar-refractivity contribution in [3.63, 3.8) is 0 Å². The van der Waals surface area contributed by atoms with E-state index in [1.807, 2.05) is 6.07 Å². The number of esters is 1. The Morgan fingerprint density at radius 1 is 1.25 bits per heavy atom. The number of carboxylic acid groups (broad SMARTS) is 1. The van der Waals surface area contributed by atoms with Crippen LogP contribution < -0.4 is 0 Å². The fourth-order valence-corrected chi connectivity index (χ4v) is 2.53. The van der Waals surface area contributed by atoms with Gasteiger partial charge in [-0.3, -0.25) is 0 Å². The lowest BCUT2D eigenvalue weighted by Gasteiger charge is -2.44. The van der Waals surface area contributed by atoms with E-state index in [2.05, 4.69) is 0 Å². The number of rotatable bonds is 4. The standard InChI is InChI=1S/C16H12F3NO4/c17-16(18,19)12-3-1-11(2-4-12)15(7-10(8-15)9-20)24-14(23)6-5-13(21)22/h1-6,10H,7-8H2,(H,21,22)/b6-5+/t10-,15+. The van der Waals surface area contributed by atoms with E-state index in [0.29, 0.717) is 17.7 Å². The second kappa shape index (κ2) is 6.35. The Morgan fingerprint density at radius 2 is 1.83 bits per heavy atom. The Bertz CT molecular complexity index is 710. The summed E-state index contributed by atoms with van der Waals surface area (Å²) in [5.41, 5.74) is -1.72. The van der Waals surface area contributed by atoms with Gasteiger partial charge in [-0.1, -0.05) is 12.1 Å². The second-order valence-electron chi connectivity index (χ2n) is 5.40. The van der Waals surface area contributed by atoms with Crippen LogP contribution in [0.2, 0.25) is 0 Å². The lowest BCUT2D eigenvalue weighted by atomic mass is 9.67. The lowest BCUT2D eigenvalue weighted by molar-refractivity contribution is -0.170. The molecule has 24 heavy (non-hydrogen) atoms. The molecule has 0 amide bonds. The number of carbonyl (C=O) groups is 2. The van der Waals surface area contributed by atoms with Crippen LogP contribution >= 0.6 is 0 Å². The van der Waals surface area contributed by atoms with Crippen molar-refractivity contribution in [3.8, 4) is 6.07 Å². The Kier molecular flexibility index (Phi) is 4.64. The first-order valence-corrected chi connectivity index (χ1v) is 6.87. The van der Waals surface area contributed by atoms with Gasteiger partial charge in [0.25, 0.3) is 0 Å². The molecular formula is C16H12F3NO4. The smallest absolute Gasteiger partial charge is 0.416 e. The predicted octanol–water partition coefficient (Wildman–Crippen LogP) is 3.02. The predicted molar refractivity (Wildman–Crippen MR) is 74.3 cm³/mol. The van der Waals surface area contributed by atoms with Crippen LogP contribution in [0.15, 0.2) is 36.4 Å². The van der Waals surface area contributed by atoms with Crippen molar-refractivity contribution in [2.75, 3.05) is 0 Å². The molecule has 1 aromatic rings. The number of halogens is 3. The molecule has 8 heteroatoms. The molecule has 0 spiro atoms. The van der Waals surface area contributed by atoms with E-state index in [1.54, 1.807) is 0 Å². The summed E-state index contributed by atoms with van der Waals surface area (Å²) in [6.07, 6.45) is -2.89. The maximum atomic E-state index is 12.6. The normalized spacial score (nSPS) is 23.3. The van der Waals surface area contributed by atoms with Gasteiger partial charge in [0, 0.05) is 25.0 Å². The molecule has 2 rings (SSSR count). The molecule has 1 aliphatic carbocycles. The van der Waals surface area contributed by atoms with Crippen LogP contribution in [-0.4, -0.2) is 17.0 Å². The highest BCUT2D eigenvalue weighted by Gasteiger charge is 2.49. The van der Waals surface area contributed by atoms with Gasteiger partial charge in [0.1, 0.15) is 5.60 Å². The average Bonchev–Trinajstić information content (AvgIpc) is 2.47. The third-order valence-corrected chi connectivity index (χ3v) is 3.73. The van der Waals surface area contributed by atoms with Crippen LogP contribution in [0.25, 0.3) is 0 Å². The van der Waals surface area contributed by atoms with E-state index in [9.17, 15) is 22.8 Å². The summed E-state index contributed by atoms with van der Waals surface area (Å²) in [5.74, 6) is -2.66. The van der Waals surface area contributed by atoms with Gasteiger partial charge in [-0.2, -0.15) is 18.4 Å². The van der Waals surface area contributed by atoms with Gasteiger partial charge < -0.3 is 9.84 Å². The van der Waals surface area contributed by atoms with Crippen molar-refractivity contribution in [3.05, 3.63) is 47.5 Å². The maximum Gasteiger partial charge on any atom is 0.416 e. The molecule has 5 nitrogen and oxygen atoms in total. The van der Waals surface area contributed by atoms with Gasteiger partial charge in [-0.15, -0.1) is 0 Å². The molecule has 0 unspecified atom stereocenters. The van der Waals surface area contributed by atoms with Crippen molar-refractivity contribution in [2.24, 2.45) is 5.92 Å². The highest BCUT2D eigenvalue weighted by molar-refractivity contribution is 5.91. The average molecular weight is 339 g/mol. The fourth-order valence-electron chi connectivity index (χ4n) is 2.53. The summed E-state index contributed by atoms with van der Waals surface area (Å²) in [4.78, 5) is 22.1. The fraction of sp³-hybridized carbons (Fsp3) is 0.312. The number of nitriles is 1. The number of benzene rings is 1. The molecule has 0 bridgehead atoms. The highest BCUT2D eigenvalue weighted by Crippen LogP contribution is 2.49.